The lowest BCUT2D eigenvalue weighted by atomic mass is 9.89. The molecular formula is C21H28N2O4. The van der Waals surface area contributed by atoms with Crippen LogP contribution in [-0.2, 0) is 14.4 Å². The van der Waals surface area contributed by atoms with E-state index in [0.29, 0.717) is 13.1 Å². The van der Waals surface area contributed by atoms with Crippen LogP contribution in [0.2, 0.25) is 0 Å². The van der Waals surface area contributed by atoms with Gasteiger partial charge >= 0.3 is 5.97 Å². The zero-order valence-corrected chi connectivity index (χ0v) is 16.0. The number of likely N-dealkylation sites (tertiary alicyclic amines) is 2. The fraction of sp³-hybridized carbons (Fsp3) is 0.571. The molecule has 0 bridgehead atoms. The normalized spacial score (nSPS) is 25.4. The Labute approximate surface area is 160 Å². The topological polar surface area (TPSA) is 77.9 Å². The van der Waals surface area contributed by atoms with Crippen molar-refractivity contribution in [2.45, 2.75) is 45.1 Å². The van der Waals surface area contributed by atoms with Crippen LogP contribution in [0, 0.1) is 11.8 Å². The van der Waals surface area contributed by atoms with Gasteiger partial charge in [-0.1, -0.05) is 44.2 Å². The fourth-order valence-corrected chi connectivity index (χ4v) is 4.51. The van der Waals surface area contributed by atoms with E-state index in [9.17, 15) is 19.5 Å². The van der Waals surface area contributed by atoms with Gasteiger partial charge < -0.3 is 14.9 Å². The second-order valence-corrected chi connectivity index (χ2v) is 7.62. The second-order valence-electron chi connectivity index (χ2n) is 7.62. The number of hydrogen-bond donors (Lipinski definition) is 1. The molecule has 0 spiro atoms. The minimum atomic E-state index is -0.875. The van der Waals surface area contributed by atoms with E-state index in [4.69, 9.17) is 0 Å². The Hall–Kier alpha value is -2.37. The molecule has 6 nitrogen and oxygen atoms in total. The second kappa shape index (κ2) is 8.11. The third kappa shape index (κ3) is 3.84. The summed E-state index contributed by atoms with van der Waals surface area (Å²) in [6, 6.07) is 9.69. The van der Waals surface area contributed by atoms with Gasteiger partial charge in [-0.3, -0.25) is 14.4 Å². The zero-order chi connectivity index (χ0) is 19.6. The lowest BCUT2D eigenvalue weighted by molar-refractivity contribution is -0.142. The van der Waals surface area contributed by atoms with Gasteiger partial charge in [0.15, 0.2) is 0 Å². The Morgan fingerprint density at radius 3 is 2.37 bits per heavy atom. The largest absolute Gasteiger partial charge is 0.481 e. The standard InChI is InChI=1S/C21H28N2O4/c1-3-16(4-2)23-11-15(10-19(23)24)20(25)22-12-17(18(13-22)21(26)27)14-8-6-5-7-9-14/h5-9,15-18H,3-4,10-13H2,1-2H3,(H,26,27)/t15?,17-,18+/m1/s1. The van der Waals surface area contributed by atoms with E-state index in [1.807, 2.05) is 35.2 Å². The Kier molecular flexibility index (Phi) is 5.82. The molecule has 27 heavy (non-hydrogen) atoms. The maximum Gasteiger partial charge on any atom is 0.308 e. The molecule has 0 saturated carbocycles. The maximum atomic E-state index is 13.0. The molecule has 6 heteroatoms. The minimum Gasteiger partial charge on any atom is -0.481 e. The SMILES string of the molecule is CCC(CC)N1CC(C(=O)N2C[C@H](C(=O)O)[C@@H](c3ccccc3)C2)CC1=O. The first kappa shape index (κ1) is 19.4. The molecule has 0 aromatic heterocycles. The molecule has 1 N–H and O–H groups in total. The number of carbonyl (C=O) groups is 3. The van der Waals surface area contributed by atoms with Crippen LogP contribution in [0.15, 0.2) is 30.3 Å². The number of carboxylic acids is 1. The van der Waals surface area contributed by atoms with Gasteiger partial charge in [0.1, 0.15) is 0 Å². The maximum absolute atomic E-state index is 13.0. The number of carboxylic acid groups (broad SMARTS) is 1. The number of aliphatic carboxylic acids is 1. The van der Waals surface area contributed by atoms with Crippen molar-refractivity contribution in [3.8, 4) is 0 Å². The van der Waals surface area contributed by atoms with E-state index < -0.39 is 11.9 Å². The monoisotopic (exact) mass is 372 g/mol. The number of rotatable bonds is 6. The summed E-state index contributed by atoms with van der Waals surface area (Å²) in [7, 11) is 0. The van der Waals surface area contributed by atoms with Crippen molar-refractivity contribution in [3.05, 3.63) is 35.9 Å². The lowest BCUT2D eigenvalue weighted by Gasteiger charge is -2.26. The van der Waals surface area contributed by atoms with Crippen molar-refractivity contribution < 1.29 is 19.5 Å². The summed E-state index contributed by atoms with van der Waals surface area (Å²) in [5.74, 6) is -2.09. The van der Waals surface area contributed by atoms with E-state index in [-0.39, 0.29) is 42.7 Å². The quantitative estimate of drug-likeness (QED) is 0.831. The van der Waals surface area contributed by atoms with Gasteiger partial charge in [-0.2, -0.15) is 0 Å². The lowest BCUT2D eigenvalue weighted by Crippen LogP contribution is -2.39. The Balaban J connectivity index is 1.72. The van der Waals surface area contributed by atoms with Crippen LogP contribution in [-0.4, -0.2) is 58.4 Å². The molecule has 2 aliphatic rings. The highest BCUT2D eigenvalue weighted by Gasteiger charge is 2.44. The van der Waals surface area contributed by atoms with Crippen LogP contribution in [0.5, 0.6) is 0 Å². The van der Waals surface area contributed by atoms with Crippen molar-refractivity contribution in [2.75, 3.05) is 19.6 Å². The third-order valence-electron chi connectivity index (χ3n) is 6.07. The molecule has 1 unspecified atom stereocenters. The van der Waals surface area contributed by atoms with Crippen molar-refractivity contribution >= 4 is 17.8 Å². The molecule has 146 valence electrons. The van der Waals surface area contributed by atoms with E-state index in [1.54, 1.807) is 4.90 Å². The summed E-state index contributed by atoms with van der Waals surface area (Å²) in [5, 5.41) is 9.63. The van der Waals surface area contributed by atoms with E-state index in [2.05, 4.69) is 13.8 Å². The molecule has 0 radical (unpaired) electrons. The van der Waals surface area contributed by atoms with Crippen LogP contribution in [0.3, 0.4) is 0 Å². The summed E-state index contributed by atoms with van der Waals surface area (Å²) in [6.07, 6.45) is 1.99. The van der Waals surface area contributed by atoms with Gasteiger partial charge in [0.05, 0.1) is 11.8 Å². The predicted octanol–water partition coefficient (Wildman–Crippen LogP) is 2.35. The fourth-order valence-electron chi connectivity index (χ4n) is 4.51. The first-order valence-corrected chi connectivity index (χ1v) is 9.82. The van der Waals surface area contributed by atoms with Gasteiger partial charge in [-0.05, 0) is 18.4 Å². The molecule has 2 fully saturated rings. The molecular weight excluding hydrogens is 344 g/mol. The van der Waals surface area contributed by atoms with Gasteiger partial charge in [0, 0.05) is 38.0 Å². The molecule has 2 saturated heterocycles. The van der Waals surface area contributed by atoms with Crippen molar-refractivity contribution in [1.29, 1.82) is 0 Å². The highest BCUT2D eigenvalue weighted by molar-refractivity contribution is 5.90. The van der Waals surface area contributed by atoms with Crippen LogP contribution in [0.4, 0.5) is 0 Å². The first-order valence-electron chi connectivity index (χ1n) is 9.82. The van der Waals surface area contributed by atoms with Crippen LogP contribution in [0.25, 0.3) is 0 Å². The smallest absolute Gasteiger partial charge is 0.308 e. The molecule has 0 aliphatic carbocycles. The highest BCUT2D eigenvalue weighted by atomic mass is 16.4. The number of carbonyl (C=O) groups excluding carboxylic acids is 2. The van der Waals surface area contributed by atoms with E-state index in [1.165, 1.54) is 0 Å². The zero-order valence-electron chi connectivity index (χ0n) is 16.0. The third-order valence-corrected chi connectivity index (χ3v) is 6.07. The van der Waals surface area contributed by atoms with Crippen molar-refractivity contribution in [3.63, 3.8) is 0 Å². The number of nitrogens with zero attached hydrogens (tertiary/aromatic N) is 2. The van der Waals surface area contributed by atoms with Gasteiger partial charge in [-0.25, -0.2) is 0 Å². The molecule has 1 aromatic carbocycles. The van der Waals surface area contributed by atoms with Gasteiger partial charge in [-0.15, -0.1) is 0 Å². The molecule has 2 heterocycles. The molecule has 1 aromatic rings. The van der Waals surface area contributed by atoms with Crippen LogP contribution < -0.4 is 0 Å². The van der Waals surface area contributed by atoms with E-state index in [0.717, 1.165) is 18.4 Å². The summed E-state index contributed by atoms with van der Waals surface area (Å²) in [6.45, 7) is 5.17. The van der Waals surface area contributed by atoms with Crippen LogP contribution in [0.1, 0.15) is 44.6 Å². The molecule has 3 rings (SSSR count). The average molecular weight is 372 g/mol. The van der Waals surface area contributed by atoms with Gasteiger partial charge in [0.25, 0.3) is 0 Å². The highest BCUT2D eigenvalue weighted by Crippen LogP contribution is 2.35. The first-order chi connectivity index (χ1) is 13.0. The molecule has 2 aliphatic heterocycles. The summed E-state index contributed by atoms with van der Waals surface area (Å²) in [5.41, 5.74) is 0.946. The van der Waals surface area contributed by atoms with Crippen LogP contribution >= 0.6 is 0 Å². The van der Waals surface area contributed by atoms with Crippen molar-refractivity contribution in [1.82, 2.24) is 9.80 Å². The molecule has 2 amide bonds. The summed E-state index contributed by atoms with van der Waals surface area (Å²) >= 11 is 0. The van der Waals surface area contributed by atoms with Gasteiger partial charge in [0.2, 0.25) is 11.8 Å². The summed E-state index contributed by atoms with van der Waals surface area (Å²) < 4.78 is 0. The number of benzene rings is 1. The Bertz CT molecular complexity index is 701. The molecule has 3 atom stereocenters. The minimum absolute atomic E-state index is 0.0376. The Morgan fingerprint density at radius 1 is 1.11 bits per heavy atom. The average Bonchev–Trinajstić information content (AvgIpc) is 3.28. The Morgan fingerprint density at radius 2 is 1.78 bits per heavy atom. The summed E-state index contributed by atoms with van der Waals surface area (Å²) in [4.78, 5) is 40.7. The van der Waals surface area contributed by atoms with E-state index >= 15 is 0 Å². The predicted molar refractivity (Wildman–Crippen MR) is 101 cm³/mol. The number of hydrogen-bond acceptors (Lipinski definition) is 3. The number of amides is 2. The van der Waals surface area contributed by atoms with Crippen molar-refractivity contribution in [2.24, 2.45) is 11.8 Å².